The topological polar surface area (TPSA) is 64.7 Å². The fourth-order valence-electron chi connectivity index (χ4n) is 3.32. The number of benzene rings is 2. The van der Waals surface area contributed by atoms with Crippen LogP contribution < -0.4 is 5.32 Å². The Balaban J connectivity index is 1.26. The number of aryl methyl sites for hydroxylation is 2. The Morgan fingerprint density at radius 1 is 1.07 bits per heavy atom. The quantitative estimate of drug-likeness (QED) is 0.366. The zero-order chi connectivity index (χ0) is 19.3. The van der Waals surface area contributed by atoms with Gasteiger partial charge in [0.1, 0.15) is 0 Å². The van der Waals surface area contributed by atoms with Crippen LogP contribution >= 0.6 is 11.8 Å². The number of hydrogen-bond donors (Lipinski definition) is 1. The van der Waals surface area contributed by atoms with Crippen molar-refractivity contribution in [2.45, 2.75) is 31.6 Å². The van der Waals surface area contributed by atoms with E-state index in [2.05, 4.69) is 43.5 Å². The predicted octanol–water partition coefficient (Wildman–Crippen LogP) is 3.70. The van der Waals surface area contributed by atoms with Crippen LogP contribution in [0.25, 0.3) is 22.1 Å². The van der Waals surface area contributed by atoms with Crippen molar-refractivity contribution in [1.82, 2.24) is 24.4 Å². The van der Waals surface area contributed by atoms with E-state index in [9.17, 15) is 4.79 Å². The lowest BCUT2D eigenvalue weighted by atomic mass is 10.3. The first-order valence-electron chi connectivity index (χ1n) is 9.51. The molecule has 0 fully saturated rings. The van der Waals surface area contributed by atoms with Crippen LogP contribution in [-0.2, 0) is 17.9 Å². The van der Waals surface area contributed by atoms with E-state index in [4.69, 9.17) is 0 Å². The Hall–Kier alpha value is -2.80. The van der Waals surface area contributed by atoms with Crippen LogP contribution in [-0.4, -0.2) is 37.3 Å². The van der Waals surface area contributed by atoms with Gasteiger partial charge in [-0.2, -0.15) is 0 Å². The number of hydrogen-bond acceptors (Lipinski definition) is 4. The van der Waals surface area contributed by atoms with Gasteiger partial charge in [0.05, 0.1) is 34.1 Å². The van der Waals surface area contributed by atoms with Crippen molar-refractivity contribution in [2.24, 2.45) is 0 Å². The Morgan fingerprint density at radius 2 is 1.82 bits per heavy atom. The Kier molecular flexibility index (Phi) is 5.62. The second-order valence-corrected chi connectivity index (χ2v) is 7.49. The van der Waals surface area contributed by atoms with E-state index in [1.807, 2.05) is 42.7 Å². The molecule has 0 aliphatic heterocycles. The third-order valence-corrected chi connectivity index (χ3v) is 5.67. The lowest BCUT2D eigenvalue weighted by Crippen LogP contribution is -2.27. The minimum Gasteiger partial charge on any atom is -0.355 e. The first-order valence-corrected chi connectivity index (χ1v) is 10.5. The number of rotatable bonds is 8. The van der Waals surface area contributed by atoms with Gasteiger partial charge in [-0.1, -0.05) is 36.0 Å². The average Bonchev–Trinajstić information content (AvgIpc) is 3.30. The van der Waals surface area contributed by atoms with Crippen LogP contribution in [0, 0.1) is 0 Å². The summed E-state index contributed by atoms with van der Waals surface area (Å²) >= 11 is 1.49. The molecule has 6 nitrogen and oxygen atoms in total. The summed E-state index contributed by atoms with van der Waals surface area (Å²) in [4.78, 5) is 21.3. The highest BCUT2D eigenvalue weighted by atomic mass is 32.2. The molecule has 0 atom stereocenters. The number of imidazole rings is 2. The Bertz CT molecular complexity index is 1100. The van der Waals surface area contributed by atoms with Crippen LogP contribution in [0.5, 0.6) is 0 Å². The van der Waals surface area contributed by atoms with E-state index in [-0.39, 0.29) is 5.91 Å². The van der Waals surface area contributed by atoms with Gasteiger partial charge in [0, 0.05) is 19.6 Å². The monoisotopic (exact) mass is 393 g/mol. The van der Waals surface area contributed by atoms with Gasteiger partial charge in [0.2, 0.25) is 5.91 Å². The third kappa shape index (κ3) is 3.89. The summed E-state index contributed by atoms with van der Waals surface area (Å²) in [6.07, 6.45) is 2.72. The van der Waals surface area contributed by atoms with Crippen molar-refractivity contribution in [2.75, 3.05) is 12.3 Å². The Morgan fingerprint density at radius 3 is 2.64 bits per heavy atom. The number of nitrogens with one attached hydrogen (secondary N) is 1. The van der Waals surface area contributed by atoms with Crippen LogP contribution in [0.4, 0.5) is 0 Å². The van der Waals surface area contributed by atoms with E-state index in [0.717, 1.165) is 46.7 Å². The smallest absolute Gasteiger partial charge is 0.230 e. The summed E-state index contributed by atoms with van der Waals surface area (Å²) < 4.78 is 4.28. The summed E-state index contributed by atoms with van der Waals surface area (Å²) in [5.74, 6) is 0.410. The molecule has 0 saturated carbocycles. The highest BCUT2D eigenvalue weighted by Gasteiger charge is 2.11. The number of carbonyl (C=O) groups is 1. The zero-order valence-electron chi connectivity index (χ0n) is 15.8. The number of para-hydroxylation sites is 4. The number of amides is 1. The molecule has 7 heteroatoms. The molecule has 0 saturated heterocycles. The molecule has 28 heavy (non-hydrogen) atoms. The van der Waals surface area contributed by atoms with Gasteiger partial charge in [-0.05, 0) is 37.6 Å². The van der Waals surface area contributed by atoms with Crippen LogP contribution in [0.2, 0.25) is 0 Å². The lowest BCUT2D eigenvalue weighted by molar-refractivity contribution is -0.118. The summed E-state index contributed by atoms with van der Waals surface area (Å²) in [6, 6.07) is 16.2. The molecule has 0 aliphatic carbocycles. The van der Waals surface area contributed by atoms with Gasteiger partial charge >= 0.3 is 0 Å². The van der Waals surface area contributed by atoms with Crippen LogP contribution in [0.15, 0.2) is 60.0 Å². The average molecular weight is 394 g/mol. The maximum absolute atomic E-state index is 12.2. The minimum atomic E-state index is 0.0372. The number of aromatic nitrogens is 4. The first-order chi connectivity index (χ1) is 13.8. The second kappa shape index (κ2) is 8.48. The number of nitrogens with zero attached hydrogens (tertiary/aromatic N) is 4. The molecule has 1 amide bonds. The molecule has 2 aromatic heterocycles. The van der Waals surface area contributed by atoms with E-state index < -0.39 is 0 Å². The van der Waals surface area contributed by atoms with Gasteiger partial charge in [-0.3, -0.25) is 4.79 Å². The molecule has 0 spiro atoms. The van der Waals surface area contributed by atoms with E-state index in [1.165, 1.54) is 11.8 Å². The van der Waals surface area contributed by atoms with E-state index in [1.54, 1.807) is 0 Å². The van der Waals surface area contributed by atoms with Crippen molar-refractivity contribution < 1.29 is 4.79 Å². The van der Waals surface area contributed by atoms with E-state index in [0.29, 0.717) is 12.3 Å². The van der Waals surface area contributed by atoms with Crippen molar-refractivity contribution in [3.8, 4) is 0 Å². The molecule has 0 unspecified atom stereocenters. The number of fused-ring (bicyclic) bond motifs is 2. The molecule has 4 aromatic rings. The van der Waals surface area contributed by atoms with Crippen LogP contribution in [0.3, 0.4) is 0 Å². The third-order valence-electron chi connectivity index (χ3n) is 4.69. The normalized spacial score (nSPS) is 11.3. The second-order valence-electron chi connectivity index (χ2n) is 6.55. The SMILES string of the molecule is CCn1c(SCC(=O)NCCCn2cnc3ccccc32)nc2ccccc21. The molecule has 2 aromatic carbocycles. The molecular weight excluding hydrogens is 370 g/mol. The van der Waals surface area contributed by atoms with Gasteiger partial charge in [-0.15, -0.1) is 0 Å². The summed E-state index contributed by atoms with van der Waals surface area (Å²) in [5, 5.41) is 3.90. The standard InChI is InChI=1S/C21H23N5OS/c1-2-26-19-11-6-4-9-17(19)24-21(26)28-14-20(27)22-12-7-13-25-15-23-16-8-3-5-10-18(16)25/h3-6,8-11,15H,2,7,12-14H2,1H3,(H,22,27). The van der Waals surface area contributed by atoms with E-state index >= 15 is 0 Å². The maximum Gasteiger partial charge on any atom is 0.230 e. The summed E-state index contributed by atoms with van der Waals surface area (Å²) in [5.41, 5.74) is 4.21. The molecule has 144 valence electrons. The van der Waals surface area contributed by atoms with Crippen molar-refractivity contribution >= 4 is 39.7 Å². The van der Waals surface area contributed by atoms with Crippen LogP contribution in [0.1, 0.15) is 13.3 Å². The molecule has 0 bridgehead atoms. The number of carbonyl (C=O) groups excluding carboxylic acids is 1. The lowest BCUT2D eigenvalue weighted by Gasteiger charge is -2.07. The minimum absolute atomic E-state index is 0.0372. The Labute approximate surface area is 168 Å². The van der Waals surface area contributed by atoms with Gasteiger partial charge in [0.15, 0.2) is 5.16 Å². The molecule has 4 rings (SSSR count). The van der Waals surface area contributed by atoms with Gasteiger partial charge < -0.3 is 14.5 Å². The molecule has 2 heterocycles. The number of thioether (sulfide) groups is 1. The molecule has 0 aliphatic rings. The summed E-state index contributed by atoms with van der Waals surface area (Å²) in [6.45, 7) is 4.41. The van der Waals surface area contributed by atoms with Gasteiger partial charge in [-0.25, -0.2) is 9.97 Å². The molecular formula is C21H23N5OS. The largest absolute Gasteiger partial charge is 0.355 e. The fourth-order valence-corrected chi connectivity index (χ4v) is 4.22. The summed E-state index contributed by atoms with van der Waals surface area (Å²) in [7, 11) is 0. The molecule has 1 N–H and O–H groups in total. The van der Waals surface area contributed by atoms with Crippen molar-refractivity contribution in [1.29, 1.82) is 0 Å². The van der Waals surface area contributed by atoms with Crippen molar-refractivity contribution in [3.63, 3.8) is 0 Å². The highest BCUT2D eigenvalue weighted by molar-refractivity contribution is 7.99. The predicted molar refractivity (Wildman–Crippen MR) is 113 cm³/mol. The van der Waals surface area contributed by atoms with Gasteiger partial charge in [0.25, 0.3) is 0 Å². The highest BCUT2D eigenvalue weighted by Crippen LogP contribution is 2.23. The zero-order valence-corrected chi connectivity index (χ0v) is 16.7. The first kappa shape index (κ1) is 18.6. The maximum atomic E-state index is 12.2. The fraction of sp³-hybridized carbons (Fsp3) is 0.286. The van der Waals surface area contributed by atoms with Crippen molar-refractivity contribution in [3.05, 3.63) is 54.9 Å². The molecule has 0 radical (unpaired) electrons.